The summed E-state index contributed by atoms with van der Waals surface area (Å²) in [5.74, 6) is 0. The Bertz CT molecular complexity index is 624. The van der Waals surface area contributed by atoms with Crippen molar-refractivity contribution in [3.63, 3.8) is 0 Å². The highest BCUT2D eigenvalue weighted by Crippen LogP contribution is 2.26. The molecule has 1 N–H and O–H groups in total. The number of rotatable bonds is 3. The van der Waals surface area contributed by atoms with E-state index in [2.05, 4.69) is 35.3 Å². The van der Waals surface area contributed by atoms with Crippen molar-refractivity contribution in [2.45, 2.75) is 6.92 Å². The summed E-state index contributed by atoms with van der Waals surface area (Å²) in [5, 5.41) is 12.4. The van der Waals surface area contributed by atoms with Crippen molar-refractivity contribution in [3.05, 3.63) is 53.6 Å². The molecule has 0 aliphatic carbocycles. The van der Waals surface area contributed by atoms with Crippen LogP contribution in [0.25, 0.3) is 0 Å². The Morgan fingerprint density at radius 2 is 1.84 bits per heavy atom. The number of hydrogen-bond donors (Lipinski definition) is 1. The molecule has 96 valence electrons. The van der Waals surface area contributed by atoms with Gasteiger partial charge in [-0.05, 0) is 36.8 Å². The molecule has 0 bridgehead atoms. The van der Waals surface area contributed by atoms with Crippen LogP contribution in [0, 0.1) is 18.3 Å². The second-order valence-corrected chi connectivity index (χ2v) is 4.68. The highest BCUT2D eigenvalue weighted by molar-refractivity contribution is 5.70. The first-order valence-electron chi connectivity index (χ1n) is 6.16. The van der Waals surface area contributed by atoms with Crippen molar-refractivity contribution < 1.29 is 0 Å². The smallest absolute Gasteiger partial charge is 0.101 e. The van der Waals surface area contributed by atoms with E-state index in [-0.39, 0.29) is 0 Å². The molecule has 3 heteroatoms. The van der Waals surface area contributed by atoms with Crippen molar-refractivity contribution in [2.24, 2.45) is 0 Å². The monoisotopic (exact) mass is 251 g/mol. The maximum absolute atomic E-state index is 9.09. The van der Waals surface area contributed by atoms with Crippen molar-refractivity contribution >= 4 is 17.1 Å². The van der Waals surface area contributed by atoms with E-state index >= 15 is 0 Å². The summed E-state index contributed by atoms with van der Waals surface area (Å²) in [5.41, 5.74) is 4.86. The van der Waals surface area contributed by atoms with E-state index in [0.717, 1.165) is 11.4 Å². The number of nitrogens with one attached hydrogen (secondary N) is 1. The van der Waals surface area contributed by atoms with E-state index in [9.17, 15) is 0 Å². The Kier molecular flexibility index (Phi) is 3.72. The fourth-order valence-corrected chi connectivity index (χ4v) is 2.01. The van der Waals surface area contributed by atoms with Crippen LogP contribution in [0.15, 0.2) is 42.5 Å². The minimum atomic E-state index is 0.648. The second kappa shape index (κ2) is 5.45. The predicted molar refractivity (Wildman–Crippen MR) is 79.9 cm³/mol. The lowest BCUT2D eigenvalue weighted by atomic mass is 10.1. The van der Waals surface area contributed by atoms with E-state index < -0.39 is 0 Å². The van der Waals surface area contributed by atoms with E-state index in [1.54, 1.807) is 0 Å². The quantitative estimate of drug-likeness (QED) is 0.904. The van der Waals surface area contributed by atoms with Gasteiger partial charge in [-0.3, -0.25) is 0 Å². The molecule has 0 radical (unpaired) electrons. The standard InChI is InChI=1S/C16H17N3/c1-12-8-9-14(10-16(12)19(2)3)18-15-7-5-4-6-13(15)11-17/h4-10,18H,1-3H3. The average Bonchev–Trinajstić information content (AvgIpc) is 2.41. The molecule has 2 rings (SSSR count). The van der Waals surface area contributed by atoms with Gasteiger partial charge in [-0.2, -0.15) is 5.26 Å². The minimum absolute atomic E-state index is 0.648. The number of nitriles is 1. The van der Waals surface area contributed by atoms with E-state index in [0.29, 0.717) is 5.56 Å². The van der Waals surface area contributed by atoms with Gasteiger partial charge in [0.25, 0.3) is 0 Å². The summed E-state index contributed by atoms with van der Waals surface area (Å²) in [7, 11) is 4.05. The first-order valence-corrected chi connectivity index (χ1v) is 6.16. The van der Waals surface area contributed by atoms with Crippen LogP contribution < -0.4 is 10.2 Å². The summed E-state index contributed by atoms with van der Waals surface area (Å²) in [6.07, 6.45) is 0. The summed E-state index contributed by atoms with van der Waals surface area (Å²) in [6, 6.07) is 15.9. The van der Waals surface area contributed by atoms with Crippen LogP contribution in [0.5, 0.6) is 0 Å². The molecule has 19 heavy (non-hydrogen) atoms. The average molecular weight is 251 g/mol. The summed E-state index contributed by atoms with van der Waals surface area (Å²) in [6.45, 7) is 2.09. The van der Waals surface area contributed by atoms with E-state index in [4.69, 9.17) is 5.26 Å². The third-order valence-corrected chi connectivity index (χ3v) is 3.02. The molecule has 0 atom stereocenters. The predicted octanol–water partition coefficient (Wildman–Crippen LogP) is 3.68. The first-order chi connectivity index (χ1) is 9.11. The Hall–Kier alpha value is -2.47. The van der Waals surface area contributed by atoms with Gasteiger partial charge in [0.1, 0.15) is 6.07 Å². The fourth-order valence-electron chi connectivity index (χ4n) is 2.01. The maximum Gasteiger partial charge on any atom is 0.101 e. The Balaban J connectivity index is 2.34. The largest absolute Gasteiger partial charge is 0.377 e. The molecule has 0 aliphatic heterocycles. The lowest BCUT2D eigenvalue weighted by Gasteiger charge is -2.17. The Morgan fingerprint density at radius 1 is 1.11 bits per heavy atom. The highest BCUT2D eigenvalue weighted by Gasteiger charge is 2.05. The molecular weight excluding hydrogens is 234 g/mol. The molecular formula is C16H17N3. The van der Waals surface area contributed by atoms with Crippen LogP contribution in [0.2, 0.25) is 0 Å². The van der Waals surface area contributed by atoms with Gasteiger partial charge < -0.3 is 10.2 Å². The van der Waals surface area contributed by atoms with Gasteiger partial charge >= 0.3 is 0 Å². The number of aryl methyl sites for hydroxylation is 1. The molecule has 0 amide bonds. The summed E-state index contributed by atoms with van der Waals surface area (Å²) >= 11 is 0. The summed E-state index contributed by atoms with van der Waals surface area (Å²) < 4.78 is 0. The molecule has 0 heterocycles. The third kappa shape index (κ3) is 2.86. The number of para-hydroxylation sites is 1. The van der Waals surface area contributed by atoms with Gasteiger partial charge in [0, 0.05) is 25.5 Å². The van der Waals surface area contributed by atoms with E-state index in [1.807, 2.05) is 44.4 Å². The highest BCUT2D eigenvalue weighted by atomic mass is 15.1. The molecule has 0 spiro atoms. The van der Waals surface area contributed by atoms with Crippen molar-refractivity contribution in [1.29, 1.82) is 5.26 Å². The van der Waals surface area contributed by atoms with Gasteiger partial charge in [-0.25, -0.2) is 0 Å². The molecule has 0 aliphatic rings. The van der Waals surface area contributed by atoms with Crippen molar-refractivity contribution in [2.75, 3.05) is 24.3 Å². The second-order valence-electron chi connectivity index (χ2n) is 4.68. The third-order valence-electron chi connectivity index (χ3n) is 3.02. The minimum Gasteiger partial charge on any atom is -0.377 e. The van der Waals surface area contributed by atoms with Crippen molar-refractivity contribution in [1.82, 2.24) is 0 Å². The summed E-state index contributed by atoms with van der Waals surface area (Å²) in [4.78, 5) is 2.08. The van der Waals surface area contributed by atoms with Crippen LogP contribution in [-0.2, 0) is 0 Å². The molecule has 0 saturated heterocycles. The van der Waals surface area contributed by atoms with Crippen LogP contribution >= 0.6 is 0 Å². The lowest BCUT2D eigenvalue weighted by molar-refractivity contribution is 1.11. The molecule has 2 aromatic rings. The van der Waals surface area contributed by atoms with E-state index in [1.165, 1.54) is 11.3 Å². The first kappa shape index (κ1) is 13.0. The molecule has 0 saturated carbocycles. The van der Waals surface area contributed by atoms with Gasteiger partial charge in [0.2, 0.25) is 0 Å². The number of hydrogen-bond acceptors (Lipinski definition) is 3. The molecule has 0 fully saturated rings. The topological polar surface area (TPSA) is 39.1 Å². The number of anilines is 3. The van der Waals surface area contributed by atoms with Crippen LogP contribution in [0.3, 0.4) is 0 Å². The zero-order chi connectivity index (χ0) is 13.8. The number of nitrogens with zero attached hydrogens (tertiary/aromatic N) is 2. The lowest BCUT2D eigenvalue weighted by Crippen LogP contribution is -2.10. The molecule has 0 aromatic heterocycles. The zero-order valence-electron chi connectivity index (χ0n) is 11.4. The normalized spacial score (nSPS) is 9.79. The molecule has 0 unspecified atom stereocenters. The van der Waals surface area contributed by atoms with Crippen molar-refractivity contribution in [3.8, 4) is 6.07 Å². The van der Waals surface area contributed by atoms with Crippen LogP contribution in [0.1, 0.15) is 11.1 Å². The molecule has 3 nitrogen and oxygen atoms in total. The SMILES string of the molecule is Cc1ccc(Nc2ccccc2C#N)cc1N(C)C. The van der Waals surface area contributed by atoms with Gasteiger partial charge in [0.15, 0.2) is 0 Å². The Labute approximate surface area is 114 Å². The maximum atomic E-state index is 9.09. The molecule has 2 aromatic carbocycles. The number of benzene rings is 2. The van der Waals surface area contributed by atoms with Gasteiger partial charge in [-0.15, -0.1) is 0 Å². The zero-order valence-corrected chi connectivity index (χ0v) is 11.4. The Morgan fingerprint density at radius 3 is 2.53 bits per heavy atom. The van der Waals surface area contributed by atoms with Crippen LogP contribution in [0.4, 0.5) is 17.1 Å². The van der Waals surface area contributed by atoms with Crippen LogP contribution in [-0.4, -0.2) is 14.1 Å². The fraction of sp³-hybridized carbons (Fsp3) is 0.188. The van der Waals surface area contributed by atoms with Gasteiger partial charge in [0.05, 0.1) is 11.3 Å². The van der Waals surface area contributed by atoms with Gasteiger partial charge in [-0.1, -0.05) is 18.2 Å².